The zero-order chi connectivity index (χ0) is 15.2. The van der Waals surface area contributed by atoms with Crippen LogP contribution in [0.1, 0.15) is 19.8 Å². The van der Waals surface area contributed by atoms with Gasteiger partial charge in [0.15, 0.2) is 0 Å². The molecule has 7 nitrogen and oxygen atoms in total. The molecule has 1 aliphatic rings. The molecule has 2 heterocycles. The Labute approximate surface area is 123 Å². The third-order valence-electron chi connectivity index (χ3n) is 3.57. The maximum absolute atomic E-state index is 11.6. The van der Waals surface area contributed by atoms with E-state index in [0.717, 1.165) is 18.7 Å². The van der Waals surface area contributed by atoms with Crippen molar-refractivity contribution < 1.29 is 9.53 Å². The van der Waals surface area contributed by atoms with E-state index in [4.69, 9.17) is 4.74 Å². The Balaban J connectivity index is 1.89. The van der Waals surface area contributed by atoms with Crippen molar-refractivity contribution in [1.82, 2.24) is 15.1 Å². The van der Waals surface area contributed by atoms with Gasteiger partial charge < -0.3 is 15.0 Å². The fourth-order valence-electron chi connectivity index (χ4n) is 2.26. The minimum absolute atomic E-state index is 0.0541. The van der Waals surface area contributed by atoms with Crippen molar-refractivity contribution in [3.63, 3.8) is 0 Å². The van der Waals surface area contributed by atoms with Crippen LogP contribution in [-0.2, 0) is 16.6 Å². The van der Waals surface area contributed by atoms with Crippen LogP contribution in [-0.4, -0.2) is 48.0 Å². The number of hydrogen-bond donors (Lipinski definition) is 1. The van der Waals surface area contributed by atoms with Crippen molar-refractivity contribution in [3.05, 3.63) is 22.6 Å². The second kappa shape index (κ2) is 7.21. The van der Waals surface area contributed by atoms with Crippen LogP contribution in [0, 0.1) is 0 Å². The third-order valence-corrected chi connectivity index (χ3v) is 3.57. The minimum atomic E-state index is -0.120. The summed E-state index contributed by atoms with van der Waals surface area (Å²) in [6.07, 6.45) is 3.01. The first-order valence-corrected chi connectivity index (χ1v) is 7.26. The van der Waals surface area contributed by atoms with Crippen LogP contribution in [0.15, 0.2) is 17.1 Å². The summed E-state index contributed by atoms with van der Waals surface area (Å²) in [5, 5.41) is 6.89. The van der Waals surface area contributed by atoms with Gasteiger partial charge in [-0.1, -0.05) is 6.92 Å². The molecule has 7 heteroatoms. The van der Waals surface area contributed by atoms with Crippen molar-refractivity contribution in [2.75, 3.05) is 31.1 Å². The summed E-state index contributed by atoms with van der Waals surface area (Å²) in [5.74, 6) is 0.0541. The lowest BCUT2D eigenvalue weighted by molar-refractivity contribution is -0.120. The molecule has 0 spiro atoms. The number of carbonyl (C=O) groups is 1. The first-order valence-electron chi connectivity index (χ1n) is 7.26. The molecule has 0 aromatic carbocycles. The predicted octanol–water partition coefficient (Wildman–Crippen LogP) is -0.0982. The standard InChI is InChI=1S/C14H22N4O3/c1-3-13(19)15-5-4-12-10-18(6-7-21-12)11-8-14(20)17(2)16-9-11/h8-9,12H,3-7,10H2,1-2H3,(H,15,19)/t12-/m0/s1. The molecule has 1 aliphatic heterocycles. The van der Waals surface area contributed by atoms with Crippen molar-refractivity contribution in [2.24, 2.45) is 7.05 Å². The molecule has 1 amide bonds. The van der Waals surface area contributed by atoms with E-state index in [2.05, 4.69) is 15.3 Å². The van der Waals surface area contributed by atoms with Gasteiger partial charge in [0.1, 0.15) is 0 Å². The van der Waals surface area contributed by atoms with E-state index in [9.17, 15) is 9.59 Å². The molecule has 1 fully saturated rings. The summed E-state index contributed by atoms with van der Waals surface area (Å²) in [7, 11) is 1.63. The number of rotatable bonds is 5. The van der Waals surface area contributed by atoms with E-state index in [1.165, 1.54) is 4.68 Å². The summed E-state index contributed by atoms with van der Waals surface area (Å²) in [4.78, 5) is 24.9. The maximum atomic E-state index is 11.6. The summed E-state index contributed by atoms with van der Waals surface area (Å²) >= 11 is 0. The monoisotopic (exact) mass is 294 g/mol. The quantitative estimate of drug-likeness (QED) is 0.821. The van der Waals surface area contributed by atoms with E-state index in [1.54, 1.807) is 19.3 Å². The predicted molar refractivity (Wildman–Crippen MR) is 79.3 cm³/mol. The Morgan fingerprint density at radius 3 is 3.10 bits per heavy atom. The Bertz CT molecular complexity index is 543. The number of hydrogen-bond acceptors (Lipinski definition) is 5. The molecule has 0 aliphatic carbocycles. The highest BCUT2D eigenvalue weighted by Crippen LogP contribution is 2.16. The summed E-state index contributed by atoms with van der Waals surface area (Å²) in [5.41, 5.74) is 0.703. The van der Waals surface area contributed by atoms with Crippen molar-refractivity contribution in [3.8, 4) is 0 Å². The number of aryl methyl sites for hydroxylation is 1. The number of amides is 1. The molecule has 0 saturated carbocycles. The molecule has 0 radical (unpaired) electrons. The lowest BCUT2D eigenvalue weighted by Gasteiger charge is -2.34. The van der Waals surface area contributed by atoms with Gasteiger partial charge in [0.05, 0.1) is 24.6 Å². The fraction of sp³-hybridized carbons (Fsp3) is 0.643. The summed E-state index contributed by atoms with van der Waals surface area (Å²) in [6, 6.07) is 1.59. The number of nitrogens with zero attached hydrogens (tertiary/aromatic N) is 3. The number of nitrogens with one attached hydrogen (secondary N) is 1. The van der Waals surface area contributed by atoms with Gasteiger partial charge in [0.2, 0.25) is 5.91 Å². The zero-order valence-electron chi connectivity index (χ0n) is 12.5. The molecule has 21 heavy (non-hydrogen) atoms. The number of morpholine rings is 1. The van der Waals surface area contributed by atoms with Gasteiger partial charge in [-0.2, -0.15) is 5.10 Å². The summed E-state index contributed by atoms with van der Waals surface area (Å²) < 4.78 is 7.01. The topological polar surface area (TPSA) is 76.5 Å². The molecule has 1 aromatic heterocycles. The van der Waals surface area contributed by atoms with E-state index in [1.807, 2.05) is 6.92 Å². The lowest BCUT2D eigenvalue weighted by Crippen LogP contribution is -2.44. The van der Waals surface area contributed by atoms with E-state index < -0.39 is 0 Å². The largest absolute Gasteiger partial charge is 0.374 e. The molecule has 1 atom stereocenters. The smallest absolute Gasteiger partial charge is 0.268 e. The zero-order valence-corrected chi connectivity index (χ0v) is 12.5. The fourth-order valence-corrected chi connectivity index (χ4v) is 2.26. The SMILES string of the molecule is CCC(=O)NCC[C@H]1CN(c2cnn(C)c(=O)c2)CCO1. The van der Waals surface area contributed by atoms with Crippen LogP contribution in [0.4, 0.5) is 5.69 Å². The first kappa shape index (κ1) is 15.5. The van der Waals surface area contributed by atoms with Crippen molar-refractivity contribution in [2.45, 2.75) is 25.9 Å². The molecule has 0 bridgehead atoms. The Hall–Kier alpha value is -1.89. The van der Waals surface area contributed by atoms with Gasteiger partial charge in [-0.3, -0.25) is 9.59 Å². The highest BCUT2D eigenvalue weighted by atomic mass is 16.5. The van der Waals surface area contributed by atoms with Crippen LogP contribution in [0.5, 0.6) is 0 Å². The molecule has 1 aromatic rings. The number of ether oxygens (including phenoxy) is 1. The first-order chi connectivity index (χ1) is 10.1. The van der Waals surface area contributed by atoms with Crippen LogP contribution in [0.25, 0.3) is 0 Å². The van der Waals surface area contributed by atoms with Gasteiger partial charge in [0.25, 0.3) is 5.56 Å². The van der Waals surface area contributed by atoms with Crippen molar-refractivity contribution >= 4 is 11.6 Å². The average Bonchev–Trinajstić information content (AvgIpc) is 2.50. The molecule has 0 unspecified atom stereocenters. The highest BCUT2D eigenvalue weighted by Gasteiger charge is 2.21. The van der Waals surface area contributed by atoms with Gasteiger partial charge >= 0.3 is 0 Å². The van der Waals surface area contributed by atoms with Crippen LogP contribution >= 0.6 is 0 Å². The number of anilines is 1. The summed E-state index contributed by atoms with van der Waals surface area (Å²) in [6.45, 7) is 4.50. The van der Waals surface area contributed by atoms with Crippen LogP contribution < -0.4 is 15.8 Å². The Morgan fingerprint density at radius 2 is 2.38 bits per heavy atom. The molecular weight excluding hydrogens is 272 g/mol. The molecule has 2 rings (SSSR count). The third kappa shape index (κ3) is 4.29. The normalized spacial score (nSPS) is 18.6. The highest BCUT2D eigenvalue weighted by molar-refractivity contribution is 5.75. The van der Waals surface area contributed by atoms with E-state index in [-0.39, 0.29) is 17.6 Å². The number of aromatic nitrogens is 2. The van der Waals surface area contributed by atoms with Gasteiger partial charge in [0, 0.05) is 39.2 Å². The van der Waals surface area contributed by atoms with Gasteiger partial charge in [-0.15, -0.1) is 0 Å². The number of carbonyl (C=O) groups excluding carboxylic acids is 1. The molecule has 116 valence electrons. The molecule has 1 N–H and O–H groups in total. The Kier molecular flexibility index (Phi) is 5.32. The molecule has 1 saturated heterocycles. The minimum Gasteiger partial charge on any atom is -0.374 e. The Morgan fingerprint density at radius 1 is 1.57 bits per heavy atom. The second-order valence-corrected chi connectivity index (χ2v) is 5.11. The van der Waals surface area contributed by atoms with Crippen LogP contribution in [0.3, 0.4) is 0 Å². The average molecular weight is 294 g/mol. The lowest BCUT2D eigenvalue weighted by atomic mass is 10.2. The van der Waals surface area contributed by atoms with E-state index in [0.29, 0.717) is 26.1 Å². The van der Waals surface area contributed by atoms with Gasteiger partial charge in [-0.05, 0) is 6.42 Å². The maximum Gasteiger partial charge on any atom is 0.268 e. The van der Waals surface area contributed by atoms with Crippen LogP contribution in [0.2, 0.25) is 0 Å². The van der Waals surface area contributed by atoms with E-state index >= 15 is 0 Å². The second-order valence-electron chi connectivity index (χ2n) is 5.11. The van der Waals surface area contributed by atoms with Crippen molar-refractivity contribution in [1.29, 1.82) is 0 Å². The molecular formula is C14H22N4O3. The van der Waals surface area contributed by atoms with Gasteiger partial charge in [-0.25, -0.2) is 4.68 Å².